The molecule has 0 amide bonds. The van der Waals surface area contributed by atoms with Gasteiger partial charge in [0.1, 0.15) is 0 Å². The highest BCUT2D eigenvalue weighted by molar-refractivity contribution is 5.31. The van der Waals surface area contributed by atoms with Crippen LogP contribution in [0.3, 0.4) is 0 Å². The van der Waals surface area contributed by atoms with Gasteiger partial charge in [-0.1, -0.05) is 51.5 Å². The predicted octanol–water partition coefficient (Wildman–Crippen LogP) is 4.99. The fraction of sp³-hybridized carbons (Fsp3) is 0.684. The fourth-order valence-corrected chi connectivity index (χ4v) is 4.55. The number of rotatable bonds is 2. The molecule has 0 radical (unpaired) electrons. The molecule has 110 valence electrons. The lowest BCUT2D eigenvalue weighted by atomic mass is 9.64. The molecule has 2 unspecified atom stereocenters. The van der Waals surface area contributed by atoms with Crippen LogP contribution < -0.4 is 0 Å². The van der Waals surface area contributed by atoms with Crippen molar-refractivity contribution in [3.63, 3.8) is 0 Å². The molecule has 1 nitrogen and oxygen atoms in total. The minimum atomic E-state index is -0.626. The van der Waals surface area contributed by atoms with Crippen LogP contribution in [0, 0.1) is 11.3 Å². The van der Waals surface area contributed by atoms with Gasteiger partial charge in [-0.15, -0.1) is 0 Å². The normalized spacial score (nSPS) is 33.7. The maximum absolute atomic E-state index is 11.1. The van der Waals surface area contributed by atoms with Crippen molar-refractivity contribution in [1.82, 2.24) is 0 Å². The Morgan fingerprint density at radius 3 is 2.20 bits per heavy atom. The van der Waals surface area contributed by atoms with Gasteiger partial charge in [0.2, 0.25) is 0 Å². The van der Waals surface area contributed by atoms with Crippen molar-refractivity contribution >= 4 is 0 Å². The van der Waals surface area contributed by atoms with Gasteiger partial charge in [0.25, 0.3) is 0 Å². The van der Waals surface area contributed by atoms with Crippen molar-refractivity contribution in [1.29, 1.82) is 0 Å². The molecule has 0 bridgehead atoms. The van der Waals surface area contributed by atoms with Crippen LogP contribution in [0.5, 0.6) is 0 Å². The first-order valence-electron chi connectivity index (χ1n) is 8.21. The zero-order valence-electron chi connectivity index (χ0n) is 13.2. The van der Waals surface area contributed by atoms with E-state index in [-0.39, 0.29) is 5.41 Å². The molecule has 20 heavy (non-hydrogen) atoms. The highest BCUT2D eigenvalue weighted by Crippen LogP contribution is 2.48. The Hall–Kier alpha value is -0.820. The van der Waals surface area contributed by atoms with Gasteiger partial charge in [-0.3, -0.25) is 0 Å². The first kappa shape index (κ1) is 14.1. The Kier molecular flexibility index (Phi) is 3.44. The minimum Gasteiger partial charge on any atom is -0.385 e. The molecule has 1 aromatic rings. The van der Waals surface area contributed by atoms with E-state index in [9.17, 15) is 5.11 Å². The van der Waals surface area contributed by atoms with Gasteiger partial charge in [-0.2, -0.15) is 0 Å². The molecular weight excluding hydrogens is 244 g/mol. The smallest absolute Gasteiger partial charge is 0.0904 e. The highest BCUT2D eigenvalue weighted by atomic mass is 16.3. The first-order valence-corrected chi connectivity index (χ1v) is 8.21. The summed E-state index contributed by atoms with van der Waals surface area (Å²) in [6.45, 7) is 6.85. The average Bonchev–Trinajstić information content (AvgIpc) is 2.23. The first-order chi connectivity index (χ1) is 9.38. The quantitative estimate of drug-likeness (QED) is 0.804. The van der Waals surface area contributed by atoms with Crippen LogP contribution in [-0.4, -0.2) is 5.11 Å². The molecule has 0 aliphatic heterocycles. The van der Waals surface area contributed by atoms with Gasteiger partial charge < -0.3 is 5.11 Å². The molecule has 2 aliphatic rings. The van der Waals surface area contributed by atoms with Gasteiger partial charge in [-0.05, 0) is 60.5 Å². The molecule has 2 saturated carbocycles. The Morgan fingerprint density at radius 2 is 1.70 bits per heavy atom. The standard InChI is InChI=1S/C19H28O/c1-14-11-18(2,3)13-19(20,12-14)17-9-7-16(8-10-17)15-5-4-6-15/h7-10,14-15,20H,4-6,11-13H2,1-3H3. The van der Waals surface area contributed by atoms with E-state index >= 15 is 0 Å². The summed E-state index contributed by atoms with van der Waals surface area (Å²) in [7, 11) is 0. The van der Waals surface area contributed by atoms with Crippen LogP contribution >= 0.6 is 0 Å². The van der Waals surface area contributed by atoms with Crippen LogP contribution in [0.2, 0.25) is 0 Å². The van der Waals surface area contributed by atoms with Gasteiger partial charge in [0.05, 0.1) is 5.60 Å². The maximum atomic E-state index is 11.1. The average molecular weight is 272 g/mol. The molecule has 1 N–H and O–H groups in total. The summed E-state index contributed by atoms with van der Waals surface area (Å²) >= 11 is 0. The van der Waals surface area contributed by atoms with E-state index in [4.69, 9.17) is 0 Å². The van der Waals surface area contributed by atoms with Gasteiger partial charge >= 0.3 is 0 Å². The van der Waals surface area contributed by atoms with Gasteiger partial charge in [-0.25, -0.2) is 0 Å². The van der Waals surface area contributed by atoms with E-state index in [1.807, 2.05) is 0 Å². The maximum Gasteiger partial charge on any atom is 0.0904 e. The third-order valence-corrected chi connectivity index (χ3v) is 5.38. The van der Waals surface area contributed by atoms with E-state index < -0.39 is 5.60 Å². The summed E-state index contributed by atoms with van der Waals surface area (Å²) < 4.78 is 0. The molecule has 0 aromatic heterocycles. The fourth-order valence-electron chi connectivity index (χ4n) is 4.55. The number of hydrogen-bond donors (Lipinski definition) is 1. The Labute approximate surface area is 123 Å². The SMILES string of the molecule is CC1CC(C)(C)CC(O)(c2ccc(C3CCC3)cc2)C1. The van der Waals surface area contributed by atoms with E-state index in [0.717, 1.165) is 24.3 Å². The summed E-state index contributed by atoms with van der Waals surface area (Å²) in [4.78, 5) is 0. The van der Waals surface area contributed by atoms with Crippen LogP contribution in [0.1, 0.15) is 76.3 Å². The molecule has 2 aliphatic carbocycles. The van der Waals surface area contributed by atoms with Crippen molar-refractivity contribution in [2.24, 2.45) is 11.3 Å². The summed E-state index contributed by atoms with van der Waals surface area (Å²) in [5, 5.41) is 11.1. The number of aliphatic hydroxyl groups is 1. The second kappa shape index (κ2) is 4.87. The van der Waals surface area contributed by atoms with E-state index in [2.05, 4.69) is 45.0 Å². The zero-order chi connectivity index (χ0) is 14.4. The van der Waals surface area contributed by atoms with Crippen molar-refractivity contribution in [3.05, 3.63) is 35.4 Å². The summed E-state index contributed by atoms with van der Waals surface area (Å²) in [6, 6.07) is 8.87. The molecule has 1 aromatic carbocycles. The topological polar surface area (TPSA) is 20.2 Å². The van der Waals surface area contributed by atoms with Crippen molar-refractivity contribution < 1.29 is 5.11 Å². The highest BCUT2D eigenvalue weighted by Gasteiger charge is 2.42. The molecule has 3 rings (SSSR count). The molecule has 0 saturated heterocycles. The Morgan fingerprint density at radius 1 is 1.05 bits per heavy atom. The van der Waals surface area contributed by atoms with Gasteiger partial charge in [0, 0.05) is 0 Å². The number of benzene rings is 1. The largest absolute Gasteiger partial charge is 0.385 e. The van der Waals surface area contributed by atoms with Crippen molar-refractivity contribution in [3.8, 4) is 0 Å². The van der Waals surface area contributed by atoms with Crippen LogP contribution in [0.15, 0.2) is 24.3 Å². The minimum absolute atomic E-state index is 0.235. The Balaban J connectivity index is 1.83. The van der Waals surface area contributed by atoms with Crippen molar-refractivity contribution in [2.75, 3.05) is 0 Å². The van der Waals surface area contributed by atoms with E-state index in [1.165, 1.54) is 31.2 Å². The Bertz CT molecular complexity index is 469. The van der Waals surface area contributed by atoms with Gasteiger partial charge in [0.15, 0.2) is 0 Å². The van der Waals surface area contributed by atoms with Crippen LogP contribution in [0.4, 0.5) is 0 Å². The number of hydrogen-bond acceptors (Lipinski definition) is 1. The third kappa shape index (κ3) is 2.65. The summed E-state index contributed by atoms with van der Waals surface area (Å²) in [6.07, 6.45) is 7.06. The molecule has 2 fully saturated rings. The lowest BCUT2D eigenvalue weighted by molar-refractivity contribution is -0.0635. The predicted molar refractivity (Wildman–Crippen MR) is 83.7 cm³/mol. The summed E-state index contributed by atoms with van der Waals surface area (Å²) in [5.41, 5.74) is 2.20. The van der Waals surface area contributed by atoms with E-state index in [1.54, 1.807) is 0 Å². The zero-order valence-corrected chi connectivity index (χ0v) is 13.2. The second-order valence-electron chi connectivity index (χ2n) is 8.14. The van der Waals surface area contributed by atoms with Crippen molar-refractivity contribution in [2.45, 2.75) is 70.8 Å². The molecule has 1 heteroatoms. The van der Waals surface area contributed by atoms with E-state index in [0.29, 0.717) is 5.92 Å². The lowest BCUT2D eigenvalue weighted by Crippen LogP contribution is -2.39. The molecule has 0 heterocycles. The second-order valence-corrected chi connectivity index (χ2v) is 8.14. The molecule has 0 spiro atoms. The van der Waals surface area contributed by atoms with Crippen LogP contribution in [-0.2, 0) is 5.60 Å². The summed E-state index contributed by atoms with van der Waals surface area (Å²) in [5.74, 6) is 1.37. The molecular formula is C19H28O. The third-order valence-electron chi connectivity index (χ3n) is 5.38. The monoisotopic (exact) mass is 272 g/mol. The molecule has 2 atom stereocenters. The van der Waals surface area contributed by atoms with Crippen LogP contribution in [0.25, 0.3) is 0 Å². The lowest BCUT2D eigenvalue weighted by Gasteiger charge is -2.45.